The molecule has 0 amide bonds. The van der Waals surface area contributed by atoms with Gasteiger partial charge in [-0.2, -0.15) is 0 Å². The molecular formula is C18H31N. The van der Waals surface area contributed by atoms with Crippen LogP contribution >= 0.6 is 0 Å². The van der Waals surface area contributed by atoms with E-state index in [0.717, 1.165) is 12.5 Å². The van der Waals surface area contributed by atoms with Crippen LogP contribution in [0.5, 0.6) is 0 Å². The van der Waals surface area contributed by atoms with E-state index in [2.05, 4.69) is 58.1 Å². The maximum Gasteiger partial charge on any atom is 0.0292 e. The third-order valence-electron chi connectivity index (χ3n) is 4.29. The van der Waals surface area contributed by atoms with E-state index in [1.165, 1.54) is 42.4 Å². The lowest BCUT2D eigenvalue weighted by atomic mass is 9.98. The number of rotatable bonds is 8. The molecule has 0 heterocycles. The highest BCUT2D eigenvalue weighted by Crippen LogP contribution is 2.18. The zero-order valence-electron chi connectivity index (χ0n) is 13.4. The van der Waals surface area contributed by atoms with Gasteiger partial charge >= 0.3 is 0 Å². The van der Waals surface area contributed by atoms with E-state index in [4.69, 9.17) is 0 Å². The first-order valence-electron chi connectivity index (χ1n) is 7.89. The molecule has 108 valence electrons. The van der Waals surface area contributed by atoms with Crippen LogP contribution in [-0.4, -0.2) is 6.54 Å². The Labute approximate surface area is 119 Å². The maximum atomic E-state index is 3.71. The summed E-state index contributed by atoms with van der Waals surface area (Å²) in [4.78, 5) is 0. The van der Waals surface area contributed by atoms with Gasteiger partial charge in [-0.15, -0.1) is 0 Å². The first-order valence-corrected chi connectivity index (χ1v) is 7.89. The fourth-order valence-electron chi connectivity index (χ4n) is 2.44. The monoisotopic (exact) mass is 261 g/mol. The van der Waals surface area contributed by atoms with Crippen molar-refractivity contribution >= 4 is 0 Å². The predicted octanol–water partition coefficient (Wildman–Crippen LogP) is 5.17. The van der Waals surface area contributed by atoms with Crippen LogP contribution < -0.4 is 5.32 Å². The number of hydrogen-bond donors (Lipinski definition) is 1. The standard InChI is InChI=1S/C18H31N/c1-6-8-9-17(7-2)13-19-16(5)18-11-10-14(3)15(4)12-18/h10-12,16-17,19H,6-9,13H2,1-5H3. The number of aryl methyl sites for hydroxylation is 2. The average Bonchev–Trinajstić information content (AvgIpc) is 2.41. The van der Waals surface area contributed by atoms with E-state index in [-0.39, 0.29) is 0 Å². The summed E-state index contributed by atoms with van der Waals surface area (Å²) in [5, 5.41) is 3.71. The third-order valence-corrected chi connectivity index (χ3v) is 4.29. The quantitative estimate of drug-likeness (QED) is 0.680. The van der Waals surface area contributed by atoms with Gasteiger partial charge in [-0.3, -0.25) is 0 Å². The summed E-state index contributed by atoms with van der Waals surface area (Å²) < 4.78 is 0. The Morgan fingerprint density at radius 1 is 1.11 bits per heavy atom. The fourth-order valence-corrected chi connectivity index (χ4v) is 2.44. The van der Waals surface area contributed by atoms with Crippen LogP contribution in [0.2, 0.25) is 0 Å². The van der Waals surface area contributed by atoms with Crippen molar-refractivity contribution in [2.45, 2.75) is 66.3 Å². The van der Waals surface area contributed by atoms with Gasteiger partial charge in [0.1, 0.15) is 0 Å². The molecule has 1 heteroatoms. The second-order valence-corrected chi connectivity index (χ2v) is 5.89. The molecule has 0 radical (unpaired) electrons. The third kappa shape index (κ3) is 5.36. The highest BCUT2D eigenvalue weighted by Gasteiger charge is 2.10. The highest BCUT2D eigenvalue weighted by atomic mass is 14.9. The Morgan fingerprint density at radius 3 is 2.42 bits per heavy atom. The van der Waals surface area contributed by atoms with Gasteiger partial charge in [-0.1, -0.05) is 51.3 Å². The van der Waals surface area contributed by atoms with E-state index in [9.17, 15) is 0 Å². The van der Waals surface area contributed by atoms with Crippen LogP contribution in [0.4, 0.5) is 0 Å². The van der Waals surface area contributed by atoms with Gasteiger partial charge in [0.25, 0.3) is 0 Å². The summed E-state index contributed by atoms with van der Waals surface area (Å²) in [6.07, 6.45) is 5.31. The Balaban J connectivity index is 2.49. The van der Waals surface area contributed by atoms with E-state index >= 15 is 0 Å². The lowest BCUT2D eigenvalue weighted by molar-refractivity contribution is 0.398. The Bertz CT molecular complexity index is 370. The van der Waals surface area contributed by atoms with Crippen molar-refractivity contribution in [1.29, 1.82) is 0 Å². The Morgan fingerprint density at radius 2 is 1.84 bits per heavy atom. The number of nitrogens with one attached hydrogen (secondary N) is 1. The number of benzene rings is 1. The van der Waals surface area contributed by atoms with Gasteiger partial charge in [0.05, 0.1) is 0 Å². The molecule has 0 aliphatic heterocycles. The van der Waals surface area contributed by atoms with Gasteiger partial charge < -0.3 is 5.32 Å². The molecule has 19 heavy (non-hydrogen) atoms. The molecule has 1 aromatic carbocycles. The molecule has 1 rings (SSSR count). The van der Waals surface area contributed by atoms with Crippen molar-refractivity contribution in [3.05, 3.63) is 34.9 Å². The number of hydrogen-bond acceptors (Lipinski definition) is 1. The lowest BCUT2D eigenvalue weighted by Gasteiger charge is -2.20. The SMILES string of the molecule is CCCCC(CC)CNC(C)c1ccc(C)c(C)c1. The van der Waals surface area contributed by atoms with Gasteiger partial charge in [-0.05, 0) is 56.3 Å². The average molecular weight is 261 g/mol. The zero-order chi connectivity index (χ0) is 14.3. The normalized spacial score (nSPS) is 14.4. The minimum atomic E-state index is 0.454. The summed E-state index contributed by atoms with van der Waals surface area (Å²) in [6, 6.07) is 7.26. The van der Waals surface area contributed by atoms with Gasteiger partial charge in [-0.25, -0.2) is 0 Å². The molecule has 1 N–H and O–H groups in total. The maximum absolute atomic E-state index is 3.71. The largest absolute Gasteiger partial charge is 0.310 e. The van der Waals surface area contributed by atoms with Crippen LogP contribution in [0, 0.1) is 19.8 Å². The van der Waals surface area contributed by atoms with Gasteiger partial charge in [0.15, 0.2) is 0 Å². The van der Waals surface area contributed by atoms with Gasteiger partial charge in [0.2, 0.25) is 0 Å². The molecule has 0 saturated carbocycles. The summed E-state index contributed by atoms with van der Waals surface area (Å²) in [5.74, 6) is 0.828. The first-order chi connectivity index (χ1) is 9.08. The molecule has 0 aromatic heterocycles. The van der Waals surface area contributed by atoms with Crippen molar-refractivity contribution in [2.75, 3.05) is 6.54 Å². The highest BCUT2D eigenvalue weighted by molar-refractivity contribution is 5.31. The molecule has 0 aliphatic carbocycles. The predicted molar refractivity (Wildman–Crippen MR) is 85.6 cm³/mol. The number of unbranched alkanes of at least 4 members (excludes halogenated alkanes) is 1. The summed E-state index contributed by atoms with van der Waals surface area (Å²) in [5.41, 5.74) is 4.18. The van der Waals surface area contributed by atoms with Crippen molar-refractivity contribution in [2.24, 2.45) is 5.92 Å². The molecule has 0 fully saturated rings. The smallest absolute Gasteiger partial charge is 0.0292 e. The van der Waals surface area contributed by atoms with E-state index in [0.29, 0.717) is 6.04 Å². The van der Waals surface area contributed by atoms with Crippen molar-refractivity contribution < 1.29 is 0 Å². The summed E-state index contributed by atoms with van der Waals surface area (Å²) >= 11 is 0. The molecule has 2 atom stereocenters. The van der Waals surface area contributed by atoms with Crippen molar-refractivity contribution in [1.82, 2.24) is 5.32 Å². The van der Waals surface area contributed by atoms with Crippen LogP contribution in [0.3, 0.4) is 0 Å². The Hall–Kier alpha value is -0.820. The lowest BCUT2D eigenvalue weighted by Crippen LogP contribution is -2.25. The van der Waals surface area contributed by atoms with Crippen molar-refractivity contribution in [3.8, 4) is 0 Å². The molecular weight excluding hydrogens is 230 g/mol. The molecule has 0 bridgehead atoms. The fraction of sp³-hybridized carbons (Fsp3) is 0.667. The van der Waals surface area contributed by atoms with E-state index < -0.39 is 0 Å². The zero-order valence-corrected chi connectivity index (χ0v) is 13.4. The molecule has 1 aromatic rings. The molecule has 0 aliphatic rings. The van der Waals surface area contributed by atoms with Crippen LogP contribution in [0.1, 0.15) is 69.2 Å². The van der Waals surface area contributed by atoms with Crippen LogP contribution in [-0.2, 0) is 0 Å². The van der Waals surface area contributed by atoms with Crippen molar-refractivity contribution in [3.63, 3.8) is 0 Å². The second kappa shape index (κ2) is 8.37. The molecule has 0 spiro atoms. The minimum absolute atomic E-state index is 0.454. The summed E-state index contributed by atoms with van der Waals surface area (Å²) in [6.45, 7) is 12.4. The summed E-state index contributed by atoms with van der Waals surface area (Å²) in [7, 11) is 0. The van der Waals surface area contributed by atoms with Gasteiger partial charge in [0, 0.05) is 6.04 Å². The second-order valence-electron chi connectivity index (χ2n) is 5.89. The van der Waals surface area contributed by atoms with E-state index in [1.54, 1.807) is 0 Å². The topological polar surface area (TPSA) is 12.0 Å². The first kappa shape index (κ1) is 16.2. The Kier molecular flexibility index (Phi) is 7.15. The van der Waals surface area contributed by atoms with Crippen LogP contribution in [0.15, 0.2) is 18.2 Å². The van der Waals surface area contributed by atoms with E-state index in [1.807, 2.05) is 0 Å². The van der Waals surface area contributed by atoms with Crippen LogP contribution in [0.25, 0.3) is 0 Å². The molecule has 1 nitrogen and oxygen atoms in total. The molecule has 0 saturated heterocycles. The molecule has 2 unspecified atom stereocenters. The minimum Gasteiger partial charge on any atom is -0.310 e.